The van der Waals surface area contributed by atoms with Crippen LogP contribution >= 0.6 is 21.7 Å². The summed E-state index contributed by atoms with van der Waals surface area (Å²) in [4.78, 5) is 12.2. The van der Waals surface area contributed by atoms with Crippen molar-refractivity contribution < 1.29 is 9.53 Å². The lowest BCUT2D eigenvalue weighted by atomic mass is 10.1. The van der Waals surface area contributed by atoms with Gasteiger partial charge in [0.2, 0.25) is 0 Å². The zero-order valence-electron chi connectivity index (χ0n) is 6.75. The summed E-state index contributed by atoms with van der Waals surface area (Å²) in [5, 5.41) is 0. The highest BCUT2D eigenvalue weighted by atomic mass is 35.7. The molecule has 0 spiro atoms. The SMILES string of the molecule is O=C1CCOc2c(SCl)cccc21. The minimum Gasteiger partial charge on any atom is -0.491 e. The Kier molecular flexibility index (Phi) is 2.47. The maximum Gasteiger partial charge on any atom is 0.170 e. The third kappa shape index (κ3) is 1.54. The molecule has 0 fully saturated rings. The van der Waals surface area contributed by atoms with Gasteiger partial charge in [0.05, 0.1) is 17.1 Å². The zero-order chi connectivity index (χ0) is 9.26. The molecule has 0 aromatic heterocycles. The molecule has 68 valence electrons. The van der Waals surface area contributed by atoms with Gasteiger partial charge in [0.1, 0.15) is 5.75 Å². The molecule has 4 heteroatoms. The van der Waals surface area contributed by atoms with Crippen LogP contribution in [0, 0.1) is 0 Å². The van der Waals surface area contributed by atoms with Gasteiger partial charge in [-0.25, -0.2) is 0 Å². The smallest absolute Gasteiger partial charge is 0.170 e. The Hall–Kier alpha value is -0.670. The number of hydrogen-bond acceptors (Lipinski definition) is 3. The van der Waals surface area contributed by atoms with Gasteiger partial charge < -0.3 is 4.74 Å². The summed E-state index contributed by atoms with van der Waals surface area (Å²) in [7, 11) is 6.72. The normalized spacial score (nSPS) is 15.0. The minimum atomic E-state index is 0.133. The predicted octanol–water partition coefficient (Wildman–Crippen LogP) is 2.90. The number of carbonyl (C=O) groups excluding carboxylic acids is 1. The Morgan fingerprint density at radius 3 is 3.08 bits per heavy atom. The van der Waals surface area contributed by atoms with Gasteiger partial charge in [-0.15, -0.1) is 0 Å². The van der Waals surface area contributed by atoms with Gasteiger partial charge in [-0.3, -0.25) is 4.79 Å². The fourth-order valence-corrected chi connectivity index (χ4v) is 2.06. The van der Waals surface area contributed by atoms with Crippen LogP contribution in [0.4, 0.5) is 0 Å². The van der Waals surface area contributed by atoms with Crippen molar-refractivity contribution in [1.82, 2.24) is 0 Å². The van der Waals surface area contributed by atoms with Gasteiger partial charge in [0.25, 0.3) is 0 Å². The second kappa shape index (κ2) is 3.60. The van der Waals surface area contributed by atoms with Crippen molar-refractivity contribution in [2.45, 2.75) is 11.3 Å². The standard InChI is InChI=1S/C9H7ClO2S/c10-13-8-3-1-2-6-7(11)4-5-12-9(6)8/h1-3H,4-5H2. The van der Waals surface area contributed by atoms with E-state index in [0.29, 0.717) is 24.3 Å². The quantitative estimate of drug-likeness (QED) is 0.719. The average molecular weight is 215 g/mol. The number of carbonyl (C=O) groups is 1. The lowest BCUT2D eigenvalue weighted by Crippen LogP contribution is -2.15. The summed E-state index contributed by atoms with van der Waals surface area (Å²) >= 11 is 0. The molecule has 0 saturated heterocycles. The van der Waals surface area contributed by atoms with E-state index in [2.05, 4.69) is 0 Å². The number of Topliss-reactive ketones (excluding diaryl/α,β-unsaturated/α-hetero) is 1. The molecule has 1 aliphatic heterocycles. The van der Waals surface area contributed by atoms with Crippen LogP contribution in [0.2, 0.25) is 0 Å². The summed E-state index contributed by atoms with van der Waals surface area (Å²) in [6, 6.07) is 5.43. The van der Waals surface area contributed by atoms with Crippen molar-refractivity contribution in [2.75, 3.05) is 6.61 Å². The molecule has 1 aromatic rings. The molecular weight excluding hydrogens is 208 g/mol. The van der Waals surface area contributed by atoms with E-state index in [4.69, 9.17) is 15.4 Å². The van der Waals surface area contributed by atoms with Gasteiger partial charge in [0, 0.05) is 6.42 Å². The van der Waals surface area contributed by atoms with Crippen LogP contribution < -0.4 is 4.74 Å². The monoisotopic (exact) mass is 214 g/mol. The van der Waals surface area contributed by atoms with Gasteiger partial charge in [-0.2, -0.15) is 0 Å². The zero-order valence-corrected chi connectivity index (χ0v) is 8.32. The first kappa shape index (κ1) is 8.91. The number of rotatable bonds is 1. The summed E-state index contributed by atoms with van der Waals surface area (Å²) in [5.74, 6) is 0.771. The van der Waals surface area contributed by atoms with E-state index in [0.717, 1.165) is 15.9 Å². The molecule has 0 amide bonds. The largest absolute Gasteiger partial charge is 0.491 e. The topological polar surface area (TPSA) is 26.3 Å². The van der Waals surface area contributed by atoms with E-state index in [-0.39, 0.29) is 5.78 Å². The van der Waals surface area contributed by atoms with Crippen LogP contribution in [0.5, 0.6) is 5.75 Å². The Bertz CT molecular complexity index is 351. The van der Waals surface area contributed by atoms with E-state index in [1.54, 1.807) is 6.07 Å². The first-order chi connectivity index (χ1) is 6.33. The number of ether oxygens (including phenoxy) is 1. The number of para-hydroxylation sites is 1. The van der Waals surface area contributed by atoms with Crippen LogP contribution in [0.3, 0.4) is 0 Å². The van der Waals surface area contributed by atoms with Crippen molar-refractivity contribution in [1.29, 1.82) is 0 Å². The number of benzene rings is 1. The van der Waals surface area contributed by atoms with Crippen molar-refractivity contribution >= 4 is 27.4 Å². The summed E-state index contributed by atoms with van der Waals surface area (Å²) in [6.07, 6.45) is 0.462. The Labute approximate surface area is 84.7 Å². The fourth-order valence-electron chi connectivity index (χ4n) is 1.33. The second-order valence-electron chi connectivity index (χ2n) is 2.73. The first-order valence-corrected chi connectivity index (χ1v) is 5.55. The summed E-state index contributed by atoms with van der Waals surface area (Å²) < 4.78 is 5.39. The van der Waals surface area contributed by atoms with Crippen LogP contribution in [0.25, 0.3) is 0 Å². The molecule has 0 saturated carbocycles. The van der Waals surface area contributed by atoms with Crippen LogP contribution in [0.15, 0.2) is 23.1 Å². The highest BCUT2D eigenvalue weighted by Gasteiger charge is 2.20. The van der Waals surface area contributed by atoms with Crippen molar-refractivity contribution in [3.63, 3.8) is 0 Å². The molecule has 0 aliphatic carbocycles. The molecule has 0 radical (unpaired) electrons. The Balaban J connectivity index is 2.54. The highest BCUT2D eigenvalue weighted by molar-refractivity contribution is 8.21. The van der Waals surface area contributed by atoms with Gasteiger partial charge in [0.15, 0.2) is 5.78 Å². The van der Waals surface area contributed by atoms with Crippen LogP contribution in [0.1, 0.15) is 16.8 Å². The first-order valence-electron chi connectivity index (χ1n) is 3.90. The van der Waals surface area contributed by atoms with Crippen molar-refractivity contribution in [3.05, 3.63) is 23.8 Å². The van der Waals surface area contributed by atoms with Crippen molar-refractivity contribution in [3.8, 4) is 5.75 Å². The number of hydrogen-bond donors (Lipinski definition) is 0. The van der Waals surface area contributed by atoms with E-state index >= 15 is 0 Å². The Morgan fingerprint density at radius 2 is 2.31 bits per heavy atom. The fraction of sp³-hybridized carbons (Fsp3) is 0.222. The third-order valence-electron chi connectivity index (χ3n) is 1.94. The molecule has 1 aliphatic rings. The summed E-state index contributed by atoms with van der Waals surface area (Å²) in [5.41, 5.74) is 0.650. The molecule has 0 atom stereocenters. The average Bonchev–Trinajstić information content (AvgIpc) is 2.18. The molecule has 0 N–H and O–H groups in total. The van der Waals surface area contributed by atoms with Gasteiger partial charge >= 0.3 is 0 Å². The summed E-state index contributed by atoms with van der Waals surface area (Å²) in [6.45, 7) is 0.459. The predicted molar refractivity (Wildman–Crippen MR) is 52.6 cm³/mol. The van der Waals surface area contributed by atoms with E-state index in [9.17, 15) is 4.79 Å². The molecule has 0 bridgehead atoms. The third-order valence-corrected chi connectivity index (χ3v) is 2.92. The van der Waals surface area contributed by atoms with E-state index < -0.39 is 0 Å². The van der Waals surface area contributed by atoms with Gasteiger partial charge in [-0.1, -0.05) is 6.07 Å². The van der Waals surface area contributed by atoms with Crippen LogP contribution in [-0.4, -0.2) is 12.4 Å². The van der Waals surface area contributed by atoms with Gasteiger partial charge in [-0.05, 0) is 33.8 Å². The lowest BCUT2D eigenvalue weighted by molar-refractivity contribution is 0.0931. The molecule has 1 aromatic carbocycles. The van der Waals surface area contributed by atoms with Crippen LogP contribution in [-0.2, 0) is 0 Å². The molecule has 2 rings (SSSR count). The number of halogens is 1. The molecular formula is C9H7ClO2S. The highest BCUT2D eigenvalue weighted by Crippen LogP contribution is 2.37. The minimum absolute atomic E-state index is 0.133. The van der Waals surface area contributed by atoms with Crippen molar-refractivity contribution in [2.24, 2.45) is 0 Å². The van der Waals surface area contributed by atoms with E-state index in [1.807, 2.05) is 12.1 Å². The molecule has 1 heterocycles. The lowest BCUT2D eigenvalue weighted by Gasteiger charge is -2.17. The number of fused-ring (bicyclic) bond motifs is 1. The molecule has 2 nitrogen and oxygen atoms in total. The second-order valence-corrected chi connectivity index (χ2v) is 3.79. The molecule has 0 unspecified atom stereocenters. The maximum absolute atomic E-state index is 11.4. The maximum atomic E-state index is 11.4. The van der Waals surface area contributed by atoms with E-state index in [1.165, 1.54) is 0 Å². The number of ketones is 1. The Morgan fingerprint density at radius 1 is 1.46 bits per heavy atom. The molecule has 13 heavy (non-hydrogen) atoms.